The molecule has 0 saturated heterocycles. The molecule has 0 bridgehead atoms. The number of hydrogen-bond donors (Lipinski definition) is 0. The maximum atomic E-state index is 12.9. The summed E-state index contributed by atoms with van der Waals surface area (Å²) in [6.07, 6.45) is 7.31. The second-order valence-electron chi connectivity index (χ2n) is 8.39. The van der Waals surface area contributed by atoms with Crippen LogP contribution in [0, 0.1) is 11.8 Å². The van der Waals surface area contributed by atoms with E-state index in [9.17, 15) is 14.4 Å². The van der Waals surface area contributed by atoms with E-state index in [1.54, 1.807) is 13.8 Å². The molecule has 0 radical (unpaired) electrons. The average molecular weight is 376 g/mol. The number of nitrogens with zero attached hydrogens (tertiary/aromatic N) is 3. The molecule has 150 valence electrons. The predicted octanol–water partition coefficient (Wildman–Crippen LogP) is 2.93. The van der Waals surface area contributed by atoms with Crippen molar-refractivity contribution in [2.75, 3.05) is 0 Å². The van der Waals surface area contributed by atoms with Gasteiger partial charge in [-0.3, -0.25) is 0 Å². The van der Waals surface area contributed by atoms with Crippen molar-refractivity contribution in [3.8, 4) is 0 Å². The van der Waals surface area contributed by atoms with E-state index in [0.29, 0.717) is 23.6 Å². The van der Waals surface area contributed by atoms with Crippen LogP contribution in [0.4, 0.5) is 0 Å². The summed E-state index contributed by atoms with van der Waals surface area (Å²) < 4.78 is 3.45. The van der Waals surface area contributed by atoms with Gasteiger partial charge in [0.2, 0.25) is 0 Å². The van der Waals surface area contributed by atoms with E-state index < -0.39 is 17.1 Å². The highest BCUT2D eigenvalue weighted by molar-refractivity contribution is 4.94. The molecule has 27 heavy (non-hydrogen) atoms. The number of hydrogen-bond acceptors (Lipinski definition) is 3. The van der Waals surface area contributed by atoms with E-state index in [2.05, 4.69) is 20.1 Å². The fourth-order valence-corrected chi connectivity index (χ4v) is 4.03. The molecule has 1 fully saturated rings. The summed E-state index contributed by atoms with van der Waals surface area (Å²) in [5, 5.41) is 0. The summed E-state index contributed by atoms with van der Waals surface area (Å²) >= 11 is 0. The zero-order valence-corrected chi connectivity index (χ0v) is 17.0. The molecule has 2 rings (SSSR count). The summed E-state index contributed by atoms with van der Waals surface area (Å²) in [6, 6.07) is 0. The summed E-state index contributed by atoms with van der Waals surface area (Å²) in [5.74, 6) is 0.871. The third-order valence-electron chi connectivity index (χ3n) is 5.20. The van der Waals surface area contributed by atoms with Gasteiger partial charge in [-0.2, -0.15) is 0 Å². The molecule has 0 aliphatic heterocycles. The van der Waals surface area contributed by atoms with Gasteiger partial charge in [0.05, 0.1) is 13.1 Å². The number of allylic oxidation sites excluding steroid dienone is 2. The summed E-state index contributed by atoms with van der Waals surface area (Å²) in [4.78, 5) is 38.4. The first-order valence-electron chi connectivity index (χ1n) is 9.94. The summed E-state index contributed by atoms with van der Waals surface area (Å²) in [5.41, 5.74) is -0.289. The third-order valence-corrected chi connectivity index (χ3v) is 5.20. The van der Waals surface area contributed by atoms with Gasteiger partial charge in [-0.1, -0.05) is 63.3 Å². The largest absolute Gasteiger partial charge is 0.336 e. The van der Waals surface area contributed by atoms with Crippen LogP contribution in [0.3, 0.4) is 0 Å². The molecule has 1 aliphatic carbocycles. The maximum Gasteiger partial charge on any atom is 0.336 e. The molecule has 6 heteroatoms. The zero-order chi connectivity index (χ0) is 20.1. The number of rotatable bonds is 8. The molecule has 0 aromatic carbocycles. The van der Waals surface area contributed by atoms with Crippen LogP contribution < -0.4 is 17.1 Å². The molecular weight excluding hydrogens is 342 g/mol. The Morgan fingerprint density at radius 3 is 1.78 bits per heavy atom. The zero-order valence-electron chi connectivity index (χ0n) is 17.0. The topological polar surface area (TPSA) is 66.0 Å². The first kappa shape index (κ1) is 21.2. The van der Waals surface area contributed by atoms with Crippen molar-refractivity contribution in [3.63, 3.8) is 0 Å². The van der Waals surface area contributed by atoms with Crippen LogP contribution in [-0.4, -0.2) is 13.7 Å². The van der Waals surface area contributed by atoms with E-state index in [1.807, 2.05) is 0 Å². The van der Waals surface area contributed by atoms with Crippen molar-refractivity contribution in [3.05, 3.63) is 55.8 Å². The summed E-state index contributed by atoms with van der Waals surface area (Å²) in [7, 11) is 0. The fourth-order valence-electron chi connectivity index (χ4n) is 4.03. The van der Waals surface area contributed by atoms with E-state index in [0.717, 1.165) is 15.6 Å². The Kier molecular flexibility index (Phi) is 7.22. The van der Waals surface area contributed by atoms with Crippen LogP contribution in [0.2, 0.25) is 0 Å². The monoisotopic (exact) mass is 375 g/mol. The highest BCUT2D eigenvalue weighted by Crippen LogP contribution is 2.29. The predicted molar refractivity (Wildman–Crippen MR) is 109 cm³/mol. The van der Waals surface area contributed by atoms with Crippen LogP contribution in [-0.2, 0) is 19.6 Å². The lowest BCUT2D eigenvalue weighted by molar-refractivity contribution is 0.274. The van der Waals surface area contributed by atoms with Gasteiger partial charge in [0.15, 0.2) is 0 Å². The van der Waals surface area contributed by atoms with E-state index >= 15 is 0 Å². The van der Waals surface area contributed by atoms with Gasteiger partial charge in [0, 0.05) is 6.54 Å². The molecule has 0 spiro atoms. The minimum absolute atomic E-state index is 0.116. The molecule has 1 heterocycles. The van der Waals surface area contributed by atoms with Gasteiger partial charge in [0.1, 0.15) is 0 Å². The van der Waals surface area contributed by atoms with Crippen LogP contribution >= 0.6 is 0 Å². The number of aromatic nitrogens is 3. The van der Waals surface area contributed by atoms with Gasteiger partial charge in [-0.15, -0.1) is 0 Å². The Morgan fingerprint density at radius 2 is 1.33 bits per heavy atom. The third kappa shape index (κ3) is 5.44. The molecule has 1 aromatic heterocycles. The minimum atomic E-state index is -0.591. The Bertz CT molecular complexity index is 812. The molecule has 1 aromatic rings. The highest BCUT2D eigenvalue weighted by atomic mass is 16.2. The Balaban J connectivity index is 2.39. The smallest absolute Gasteiger partial charge is 0.247 e. The SMILES string of the molecule is C=C(C)Cn1c(=O)n(CC(=C)C)c(=O)n(CC(C)CC2CCCCC2)c1=O. The van der Waals surface area contributed by atoms with Crippen LogP contribution in [0.5, 0.6) is 0 Å². The standard InChI is InChI=1S/C21H33N3O3/c1-15(2)12-22-19(25)23(13-16(3)4)21(27)24(20(22)26)14-17(5)11-18-9-7-6-8-10-18/h17-18H,1,3,6-14H2,2,4-5H3. The van der Waals surface area contributed by atoms with Gasteiger partial charge >= 0.3 is 17.1 Å². The lowest BCUT2D eigenvalue weighted by Crippen LogP contribution is -2.55. The van der Waals surface area contributed by atoms with Crippen molar-refractivity contribution < 1.29 is 0 Å². The molecule has 0 amide bonds. The normalized spacial score (nSPS) is 16.3. The second-order valence-corrected chi connectivity index (χ2v) is 8.39. The Labute approximate surface area is 160 Å². The molecule has 1 atom stereocenters. The van der Waals surface area contributed by atoms with Gasteiger partial charge in [-0.05, 0) is 32.1 Å². The van der Waals surface area contributed by atoms with Crippen molar-refractivity contribution in [1.82, 2.24) is 13.7 Å². The summed E-state index contributed by atoms with van der Waals surface area (Å²) in [6.45, 7) is 13.8. The van der Waals surface area contributed by atoms with Crippen molar-refractivity contribution in [2.45, 2.75) is 78.9 Å². The second kappa shape index (κ2) is 9.20. The quantitative estimate of drug-likeness (QED) is 0.656. The average Bonchev–Trinajstić information content (AvgIpc) is 2.60. The Morgan fingerprint density at radius 1 is 0.889 bits per heavy atom. The molecule has 6 nitrogen and oxygen atoms in total. The van der Waals surface area contributed by atoms with Gasteiger partial charge in [0.25, 0.3) is 0 Å². The highest BCUT2D eigenvalue weighted by Gasteiger charge is 2.20. The molecule has 0 N–H and O–H groups in total. The first-order chi connectivity index (χ1) is 12.7. The van der Waals surface area contributed by atoms with Crippen LogP contribution in [0.15, 0.2) is 38.7 Å². The van der Waals surface area contributed by atoms with Crippen LogP contribution in [0.25, 0.3) is 0 Å². The van der Waals surface area contributed by atoms with Crippen molar-refractivity contribution >= 4 is 0 Å². The van der Waals surface area contributed by atoms with Crippen LogP contribution in [0.1, 0.15) is 59.3 Å². The molecule has 1 aliphatic rings. The van der Waals surface area contributed by atoms with Gasteiger partial charge < -0.3 is 0 Å². The first-order valence-corrected chi connectivity index (χ1v) is 9.94. The fraction of sp³-hybridized carbons (Fsp3) is 0.667. The lowest BCUT2D eigenvalue weighted by Gasteiger charge is -2.25. The molecule has 1 saturated carbocycles. The molecule has 1 unspecified atom stereocenters. The maximum absolute atomic E-state index is 12.9. The Hall–Kier alpha value is -2.11. The van der Waals surface area contributed by atoms with Crippen molar-refractivity contribution in [2.24, 2.45) is 11.8 Å². The van der Waals surface area contributed by atoms with E-state index in [-0.39, 0.29) is 19.0 Å². The van der Waals surface area contributed by atoms with Gasteiger partial charge in [-0.25, -0.2) is 28.1 Å². The van der Waals surface area contributed by atoms with E-state index in [4.69, 9.17) is 0 Å². The molecular formula is C21H33N3O3. The lowest BCUT2D eigenvalue weighted by atomic mass is 9.83. The van der Waals surface area contributed by atoms with Crippen molar-refractivity contribution in [1.29, 1.82) is 0 Å². The minimum Gasteiger partial charge on any atom is -0.247 e. The van der Waals surface area contributed by atoms with E-state index in [1.165, 1.54) is 36.7 Å².